The lowest BCUT2D eigenvalue weighted by atomic mass is 9.98. The van der Waals surface area contributed by atoms with E-state index in [4.69, 9.17) is 5.84 Å². The summed E-state index contributed by atoms with van der Waals surface area (Å²) in [5.74, 6) is 6.13. The van der Waals surface area contributed by atoms with Crippen LogP contribution in [0.25, 0.3) is 0 Å². The third kappa shape index (κ3) is 2.77. The van der Waals surface area contributed by atoms with E-state index in [0.717, 1.165) is 12.8 Å². The zero-order valence-corrected chi connectivity index (χ0v) is 11.6. The molecule has 1 aliphatic rings. The molecule has 7 heteroatoms. The molecule has 18 heavy (non-hydrogen) atoms. The van der Waals surface area contributed by atoms with Crippen molar-refractivity contribution < 1.29 is 4.79 Å². The highest BCUT2D eigenvalue weighted by Crippen LogP contribution is 2.24. The van der Waals surface area contributed by atoms with Crippen molar-refractivity contribution in [3.8, 4) is 0 Å². The summed E-state index contributed by atoms with van der Waals surface area (Å²) >= 11 is 1.33. The molecule has 0 spiro atoms. The van der Waals surface area contributed by atoms with Crippen molar-refractivity contribution in [2.24, 2.45) is 0 Å². The van der Waals surface area contributed by atoms with Crippen LogP contribution in [0.4, 0.5) is 0 Å². The fraction of sp³-hybridized carbons (Fsp3) is 0.727. The van der Waals surface area contributed by atoms with Gasteiger partial charge in [0.1, 0.15) is 6.33 Å². The molecular formula is C11H19N5OS. The number of carbonyl (C=O) groups is 1. The molecule has 2 N–H and O–H groups in total. The molecule has 6 nitrogen and oxygen atoms in total. The molecule has 1 aliphatic heterocycles. The van der Waals surface area contributed by atoms with Gasteiger partial charge < -0.3 is 10.7 Å². The molecule has 2 atom stereocenters. The number of aromatic nitrogens is 3. The highest BCUT2D eigenvalue weighted by molar-refractivity contribution is 7.99. The normalized spacial score (nSPS) is 24.2. The summed E-state index contributed by atoms with van der Waals surface area (Å²) in [5.41, 5.74) is 0. The van der Waals surface area contributed by atoms with Crippen molar-refractivity contribution in [1.82, 2.24) is 19.8 Å². The van der Waals surface area contributed by atoms with Crippen molar-refractivity contribution in [2.45, 2.75) is 50.4 Å². The van der Waals surface area contributed by atoms with Crippen LogP contribution < -0.4 is 5.84 Å². The van der Waals surface area contributed by atoms with Crippen molar-refractivity contribution >= 4 is 17.7 Å². The van der Waals surface area contributed by atoms with Gasteiger partial charge in [0.15, 0.2) is 0 Å². The maximum atomic E-state index is 12.2. The number of rotatable bonds is 3. The number of carbonyl (C=O) groups excluding carboxylic acids is 1. The molecule has 0 saturated carbocycles. The third-order valence-electron chi connectivity index (χ3n) is 3.35. The van der Waals surface area contributed by atoms with E-state index >= 15 is 0 Å². The first kappa shape index (κ1) is 13.2. The van der Waals surface area contributed by atoms with E-state index in [2.05, 4.69) is 24.0 Å². The Morgan fingerprint density at radius 2 is 2.17 bits per heavy atom. The zero-order chi connectivity index (χ0) is 13.1. The third-order valence-corrected chi connectivity index (χ3v) is 4.29. The zero-order valence-electron chi connectivity index (χ0n) is 10.7. The molecule has 1 saturated heterocycles. The second-order valence-electron chi connectivity index (χ2n) is 4.74. The Morgan fingerprint density at radius 1 is 1.50 bits per heavy atom. The molecule has 2 heterocycles. The lowest BCUT2D eigenvalue weighted by molar-refractivity contribution is -0.134. The summed E-state index contributed by atoms with van der Waals surface area (Å²) in [7, 11) is 0. The van der Waals surface area contributed by atoms with Crippen molar-refractivity contribution in [1.29, 1.82) is 0 Å². The predicted octanol–water partition coefficient (Wildman–Crippen LogP) is 0.873. The number of nitrogens with two attached hydrogens (primary N) is 1. The molecule has 100 valence electrons. The minimum atomic E-state index is 0.155. The first-order valence-electron chi connectivity index (χ1n) is 6.18. The molecule has 2 rings (SSSR count). The number of hydrogen-bond donors (Lipinski definition) is 1. The van der Waals surface area contributed by atoms with Crippen LogP contribution >= 0.6 is 11.8 Å². The predicted molar refractivity (Wildman–Crippen MR) is 70.5 cm³/mol. The number of likely N-dealkylation sites (tertiary alicyclic amines) is 1. The first-order chi connectivity index (χ1) is 8.59. The largest absolute Gasteiger partial charge is 0.337 e. The fourth-order valence-corrected chi connectivity index (χ4v) is 3.15. The van der Waals surface area contributed by atoms with Gasteiger partial charge in [0.05, 0.1) is 5.75 Å². The Hall–Kier alpha value is -1.24. The second-order valence-corrected chi connectivity index (χ2v) is 5.68. The van der Waals surface area contributed by atoms with Gasteiger partial charge in [-0.1, -0.05) is 11.8 Å². The number of thioether (sulfide) groups is 1. The van der Waals surface area contributed by atoms with Crippen LogP contribution in [-0.2, 0) is 4.79 Å². The monoisotopic (exact) mass is 269 g/mol. The van der Waals surface area contributed by atoms with Gasteiger partial charge in [0.2, 0.25) is 11.1 Å². The minimum Gasteiger partial charge on any atom is -0.337 e. The van der Waals surface area contributed by atoms with E-state index < -0.39 is 0 Å². The highest BCUT2D eigenvalue weighted by atomic mass is 32.2. The quantitative estimate of drug-likeness (QED) is 0.651. The highest BCUT2D eigenvalue weighted by Gasteiger charge is 2.28. The SMILES string of the molecule is C[C@H]1CCC[C@H](C)N1C(=O)CSc1nncn1N. The van der Waals surface area contributed by atoms with Gasteiger partial charge in [-0.2, -0.15) is 0 Å². The number of hydrogen-bond acceptors (Lipinski definition) is 5. The lowest BCUT2D eigenvalue weighted by Gasteiger charge is -2.39. The van der Waals surface area contributed by atoms with Gasteiger partial charge in [0.25, 0.3) is 0 Å². The molecule has 0 bridgehead atoms. The Bertz CT molecular complexity index is 411. The molecular weight excluding hydrogens is 250 g/mol. The van der Waals surface area contributed by atoms with Crippen LogP contribution in [0.2, 0.25) is 0 Å². The Kier molecular flexibility index (Phi) is 4.11. The van der Waals surface area contributed by atoms with Crippen LogP contribution in [0.1, 0.15) is 33.1 Å². The molecule has 1 aromatic heterocycles. The van der Waals surface area contributed by atoms with E-state index in [-0.39, 0.29) is 5.91 Å². The van der Waals surface area contributed by atoms with Gasteiger partial charge in [0, 0.05) is 12.1 Å². The van der Waals surface area contributed by atoms with Crippen LogP contribution in [-0.4, -0.2) is 43.5 Å². The standard InChI is InChI=1S/C11H19N5OS/c1-8-4-3-5-9(2)16(8)10(17)6-18-11-14-13-7-15(11)12/h7-9H,3-6,12H2,1-2H3/t8-,9-/m0/s1. The summed E-state index contributed by atoms with van der Waals surface area (Å²) in [6.07, 6.45) is 4.82. The van der Waals surface area contributed by atoms with Crippen LogP contribution in [0.15, 0.2) is 11.5 Å². The number of nitrogens with zero attached hydrogens (tertiary/aromatic N) is 4. The summed E-state index contributed by atoms with van der Waals surface area (Å²) in [4.78, 5) is 14.2. The van der Waals surface area contributed by atoms with Gasteiger partial charge in [-0.3, -0.25) is 4.79 Å². The Labute approximate surface area is 111 Å². The van der Waals surface area contributed by atoms with Crippen molar-refractivity contribution in [2.75, 3.05) is 11.6 Å². The van der Waals surface area contributed by atoms with E-state index in [1.807, 2.05) is 4.90 Å². The first-order valence-corrected chi connectivity index (χ1v) is 7.17. The summed E-state index contributed by atoms with van der Waals surface area (Å²) in [6, 6.07) is 0.662. The fourth-order valence-electron chi connectivity index (χ4n) is 2.45. The molecule has 0 aliphatic carbocycles. The van der Waals surface area contributed by atoms with Gasteiger partial charge in [-0.05, 0) is 33.1 Å². The minimum absolute atomic E-state index is 0.155. The van der Waals surface area contributed by atoms with Crippen LogP contribution in [0.5, 0.6) is 0 Å². The summed E-state index contributed by atoms with van der Waals surface area (Å²) < 4.78 is 1.33. The van der Waals surface area contributed by atoms with E-state index in [0.29, 0.717) is 23.0 Å². The topological polar surface area (TPSA) is 77.0 Å². The van der Waals surface area contributed by atoms with E-state index in [1.165, 1.54) is 29.2 Å². The van der Waals surface area contributed by atoms with Crippen LogP contribution in [0.3, 0.4) is 0 Å². The molecule has 0 aromatic carbocycles. The van der Waals surface area contributed by atoms with Gasteiger partial charge in [-0.25, -0.2) is 4.68 Å². The lowest BCUT2D eigenvalue weighted by Crippen LogP contribution is -2.48. The van der Waals surface area contributed by atoms with Crippen molar-refractivity contribution in [3.63, 3.8) is 0 Å². The molecule has 0 radical (unpaired) electrons. The maximum Gasteiger partial charge on any atom is 0.233 e. The summed E-state index contributed by atoms with van der Waals surface area (Å²) in [6.45, 7) is 4.23. The van der Waals surface area contributed by atoms with Crippen molar-refractivity contribution in [3.05, 3.63) is 6.33 Å². The number of piperidine rings is 1. The molecule has 1 aromatic rings. The van der Waals surface area contributed by atoms with Crippen LogP contribution in [0, 0.1) is 0 Å². The molecule has 1 amide bonds. The maximum absolute atomic E-state index is 12.2. The van der Waals surface area contributed by atoms with E-state index in [1.54, 1.807) is 0 Å². The van der Waals surface area contributed by atoms with E-state index in [9.17, 15) is 4.79 Å². The Morgan fingerprint density at radius 3 is 2.72 bits per heavy atom. The second kappa shape index (κ2) is 5.60. The average Bonchev–Trinajstić information content (AvgIpc) is 2.72. The molecule has 1 fully saturated rings. The average molecular weight is 269 g/mol. The number of amides is 1. The number of nitrogen functional groups attached to an aromatic ring is 1. The smallest absolute Gasteiger partial charge is 0.233 e. The van der Waals surface area contributed by atoms with Gasteiger partial charge >= 0.3 is 0 Å². The Balaban J connectivity index is 1.93. The summed E-state index contributed by atoms with van der Waals surface area (Å²) in [5, 5.41) is 8.11. The van der Waals surface area contributed by atoms with Gasteiger partial charge in [-0.15, -0.1) is 10.2 Å². The molecule has 0 unspecified atom stereocenters.